The molecular weight excluding hydrogens is 326 g/mol. The van der Waals surface area contributed by atoms with Crippen LogP contribution in [0.3, 0.4) is 0 Å². The van der Waals surface area contributed by atoms with Crippen molar-refractivity contribution < 1.29 is 4.79 Å². The topological polar surface area (TPSA) is 61.4 Å². The maximum absolute atomic E-state index is 12.9. The van der Waals surface area contributed by atoms with Crippen LogP contribution in [0.1, 0.15) is 61.5 Å². The Morgan fingerprint density at radius 3 is 2.65 bits per heavy atom. The fourth-order valence-corrected chi connectivity index (χ4v) is 4.84. The third-order valence-electron chi connectivity index (χ3n) is 6.32. The maximum atomic E-state index is 12.9. The predicted octanol–water partition coefficient (Wildman–Crippen LogP) is 2.40. The molecule has 3 heterocycles. The van der Waals surface area contributed by atoms with E-state index in [4.69, 9.17) is 9.97 Å². The SMILES string of the molecule is CNc1nc([C@H]2CCCN(C)C2)nc2c1CCN(C(=O)C1CCCC1)C2. The number of anilines is 1. The number of rotatable bonds is 3. The third-order valence-corrected chi connectivity index (χ3v) is 6.32. The van der Waals surface area contributed by atoms with Crippen LogP contribution in [-0.4, -0.2) is 59.4 Å². The summed E-state index contributed by atoms with van der Waals surface area (Å²) in [5.41, 5.74) is 2.26. The van der Waals surface area contributed by atoms with Crippen molar-refractivity contribution in [1.82, 2.24) is 19.8 Å². The minimum Gasteiger partial charge on any atom is -0.373 e. The summed E-state index contributed by atoms with van der Waals surface area (Å²) in [5, 5.41) is 3.28. The van der Waals surface area contributed by atoms with Crippen molar-refractivity contribution in [3.05, 3.63) is 17.1 Å². The molecule has 6 nitrogen and oxygen atoms in total. The van der Waals surface area contributed by atoms with Crippen molar-refractivity contribution in [3.63, 3.8) is 0 Å². The normalized spacial score (nSPS) is 24.5. The summed E-state index contributed by atoms with van der Waals surface area (Å²) in [6.07, 6.45) is 7.73. The highest BCUT2D eigenvalue weighted by Crippen LogP contribution is 2.32. The number of nitrogens with one attached hydrogen (secondary N) is 1. The average Bonchev–Trinajstić information content (AvgIpc) is 3.20. The van der Waals surface area contributed by atoms with Gasteiger partial charge in [-0.1, -0.05) is 12.8 Å². The highest BCUT2D eigenvalue weighted by molar-refractivity contribution is 5.79. The molecular formula is C20H31N5O. The van der Waals surface area contributed by atoms with Gasteiger partial charge in [-0.15, -0.1) is 0 Å². The minimum atomic E-state index is 0.244. The first-order chi connectivity index (χ1) is 12.7. The van der Waals surface area contributed by atoms with Gasteiger partial charge in [-0.2, -0.15) is 0 Å². The van der Waals surface area contributed by atoms with E-state index < -0.39 is 0 Å². The van der Waals surface area contributed by atoms with E-state index in [0.717, 1.165) is 62.7 Å². The predicted molar refractivity (Wildman–Crippen MR) is 102 cm³/mol. The van der Waals surface area contributed by atoms with E-state index in [0.29, 0.717) is 18.4 Å². The Morgan fingerprint density at radius 2 is 1.92 bits per heavy atom. The lowest BCUT2D eigenvalue weighted by molar-refractivity contribution is -0.136. The molecule has 1 saturated carbocycles. The summed E-state index contributed by atoms with van der Waals surface area (Å²) in [6.45, 7) is 3.62. The molecule has 6 heteroatoms. The molecule has 1 amide bonds. The number of fused-ring (bicyclic) bond motifs is 1. The molecule has 0 unspecified atom stereocenters. The van der Waals surface area contributed by atoms with Crippen LogP contribution < -0.4 is 5.32 Å². The summed E-state index contributed by atoms with van der Waals surface area (Å²) >= 11 is 0. The molecule has 1 saturated heterocycles. The van der Waals surface area contributed by atoms with Crippen LogP contribution in [0.15, 0.2) is 0 Å². The zero-order valence-electron chi connectivity index (χ0n) is 16.1. The smallest absolute Gasteiger partial charge is 0.226 e. The summed E-state index contributed by atoms with van der Waals surface area (Å²) in [4.78, 5) is 27.1. The first-order valence-corrected chi connectivity index (χ1v) is 10.2. The van der Waals surface area contributed by atoms with Crippen LogP contribution in [0.2, 0.25) is 0 Å². The van der Waals surface area contributed by atoms with E-state index in [2.05, 4.69) is 17.3 Å². The molecule has 0 spiro atoms. The van der Waals surface area contributed by atoms with E-state index >= 15 is 0 Å². The number of amides is 1. The van der Waals surface area contributed by atoms with Gasteiger partial charge in [0.2, 0.25) is 5.91 Å². The van der Waals surface area contributed by atoms with Crippen LogP contribution in [0, 0.1) is 5.92 Å². The Labute approximate surface area is 156 Å². The first-order valence-electron chi connectivity index (χ1n) is 10.2. The number of piperidine rings is 1. The van der Waals surface area contributed by atoms with Crippen molar-refractivity contribution in [1.29, 1.82) is 0 Å². The fraction of sp³-hybridized carbons (Fsp3) is 0.750. The Kier molecular flexibility index (Phi) is 5.11. The van der Waals surface area contributed by atoms with E-state index in [1.807, 2.05) is 11.9 Å². The van der Waals surface area contributed by atoms with Gasteiger partial charge in [0.1, 0.15) is 11.6 Å². The number of likely N-dealkylation sites (N-methyl/N-ethyl adjacent to an activating group) is 1. The molecule has 142 valence electrons. The highest BCUT2D eigenvalue weighted by Gasteiger charge is 2.32. The molecule has 1 aliphatic carbocycles. The Balaban J connectivity index is 1.58. The molecule has 0 radical (unpaired) electrons. The first kappa shape index (κ1) is 17.7. The highest BCUT2D eigenvalue weighted by atomic mass is 16.2. The van der Waals surface area contributed by atoms with Crippen LogP contribution in [0.4, 0.5) is 5.82 Å². The number of nitrogens with zero attached hydrogens (tertiary/aromatic N) is 4. The number of carbonyl (C=O) groups excluding carboxylic acids is 1. The molecule has 2 fully saturated rings. The van der Waals surface area contributed by atoms with Crippen LogP contribution in [0.25, 0.3) is 0 Å². The van der Waals surface area contributed by atoms with E-state index in [1.54, 1.807) is 0 Å². The van der Waals surface area contributed by atoms with Crippen molar-refractivity contribution in [2.24, 2.45) is 5.92 Å². The van der Waals surface area contributed by atoms with Gasteiger partial charge >= 0.3 is 0 Å². The number of hydrogen-bond acceptors (Lipinski definition) is 5. The molecule has 2 aliphatic heterocycles. The van der Waals surface area contributed by atoms with Crippen molar-refractivity contribution >= 4 is 11.7 Å². The van der Waals surface area contributed by atoms with Crippen LogP contribution >= 0.6 is 0 Å². The number of carbonyl (C=O) groups is 1. The molecule has 0 aromatic carbocycles. The zero-order chi connectivity index (χ0) is 18.1. The summed E-state index contributed by atoms with van der Waals surface area (Å²) in [7, 11) is 4.11. The van der Waals surface area contributed by atoms with Crippen LogP contribution in [-0.2, 0) is 17.8 Å². The summed E-state index contributed by atoms with van der Waals surface area (Å²) in [6, 6.07) is 0. The van der Waals surface area contributed by atoms with Crippen LogP contribution in [0.5, 0.6) is 0 Å². The molecule has 26 heavy (non-hydrogen) atoms. The van der Waals surface area contributed by atoms with Crippen molar-refractivity contribution in [3.8, 4) is 0 Å². The molecule has 1 N–H and O–H groups in total. The third kappa shape index (κ3) is 3.43. The fourth-order valence-electron chi connectivity index (χ4n) is 4.84. The number of aromatic nitrogens is 2. The lowest BCUT2D eigenvalue weighted by Crippen LogP contribution is -2.40. The van der Waals surface area contributed by atoms with Gasteiger partial charge in [0, 0.05) is 37.5 Å². The number of hydrogen-bond donors (Lipinski definition) is 1. The summed E-state index contributed by atoms with van der Waals surface area (Å²) in [5.74, 6) is 2.90. The zero-order valence-corrected chi connectivity index (χ0v) is 16.1. The monoisotopic (exact) mass is 357 g/mol. The second kappa shape index (κ2) is 7.51. The van der Waals surface area contributed by atoms with E-state index in [-0.39, 0.29) is 5.92 Å². The molecule has 4 rings (SSSR count). The van der Waals surface area contributed by atoms with Gasteiger partial charge in [0.25, 0.3) is 0 Å². The number of likely N-dealkylation sites (tertiary alicyclic amines) is 1. The maximum Gasteiger partial charge on any atom is 0.226 e. The average molecular weight is 358 g/mol. The second-order valence-electron chi connectivity index (χ2n) is 8.20. The molecule has 3 aliphatic rings. The molecule has 0 bridgehead atoms. The second-order valence-corrected chi connectivity index (χ2v) is 8.20. The van der Waals surface area contributed by atoms with Crippen molar-refractivity contribution in [2.45, 2.75) is 57.4 Å². The minimum absolute atomic E-state index is 0.244. The molecule has 1 aromatic heterocycles. The molecule has 1 atom stereocenters. The Morgan fingerprint density at radius 1 is 1.12 bits per heavy atom. The van der Waals surface area contributed by atoms with Gasteiger partial charge in [-0.3, -0.25) is 4.79 Å². The van der Waals surface area contributed by atoms with Crippen molar-refractivity contribution in [2.75, 3.05) is 39.0 Å². The van der Waals surface area contributed by atoms with Gasteiger partial charge in [0.15, 0.2) is 0 Å². The van der Waals surface area contributed by atoms with Gasteiger partial charge in [-0.25, -0.2) is 9.97 Å². The van der Waals surface area contributed by atoms with Gasteiger partial charge in [-0.05, 0) is 45.7 Å². The van der Waals surface area contributed by atoms with E-state index in [1.165, 1.54) is 24.8 Å². The van der Waals surface area contributed by atoms with E-state index in [9.17, 15) is 4.79 Å². The van der Waals surface area contributed by atoms with Gasteiger partial charge in [0.05, 0.1) is 12.2 Å². The van der Waals surface area contributed by atoms with Gasteiger partial charge < -0.3 is 15.1 Å². The lowest BCUT2D eigenvalue weighted by Gasteiger charge is -2.33. The quantitative estimate of drug-likeness (QED) is 0.900. The molecule has 1 aromatic rings. The lowest BCUT2D eigenvalue weighted by atomic mass is 9.96. The Hall–Kier alpha value is -1.69. The standard InChI is InChI=1S/C20H31N5O/c1-21-19-16-9-11-25(20(26)14-6-3-4-7-14)13-17(16)22-18(23-19)15-8-5-10-24(2)12-15/h14-15H,3-13H2,1-2H3,(H,21,22,23)/t15-/m0/s1. The Bertz CT molecular complexity index is 670. The summed E-state index contributed by atoms with van der Waals surface area (Å²) < 4.78 is 0. The largest absolute Gasteiger partial charge is 0.373 e.